The minimum Gasteiger partial charge on any atom is -0.339 e. The Bertz CT molecular complexity index is 965. The molecule has 0 fully saturated rings. The van der Waals surface area contributed by atoms with Crippen molar-refractivity contribution in [3.8, 4) is 0 Å². The maximum Gasteiger partial charge on any atom is 0.269 e. The number of hydrogen-bond acceptors (Lipinski definition) is 6. The molecule has 2 aromatic carbocycles. The number of nitrogens with one attached hydrogen (secondary N) is 1. The van der Waals surface area contributed by atoms with E-state index >= 15 is 0 Å². The number of anilines is 1. The summed E-state index contributed by atoms with van der Waals surface area (Å²) in [5.74, 6) is 0.0354. The first-order valence-corrected chi connectivity index (χ1v) is 15.2. The first-order valence-electron chi connectivity index (χ1n) is 15.2. The number of hydrogen-bond donors (Lipinski definition) is 2. The summed E-state index contributed by atoms with van der Waals surface area (Å²) in [6, 6.07) is 12.7. The zero-order valence-corrected chi connectivity index (χ0v) is 26.0. The molecular formula is C32H52N4O5. The molecule has 230 valence electrons. The van der Waals surface area contributed by atoms with Crippen molar-refractivity contribution in [3.05, 3.63) is 69.8 Å². The van der Waals surface area contributed by atoms with E-state index in [1.165, 1.54) is 24.3 Å². The van der Waals surface area contributed by atoms with Crippen LogP contribution in [0.1, 0.15) is 114 Å². The van der Waals surface area contributed by atoms with E-state index < -0.39 is 4.92 Å². The summed E-state index contributed by atoms with van der Waals surface area (Å²) in [7, 11) is 0. The highest BCUT2D eigenvalue weighted by molar-refractivity contribution is 5.95. The third-order valence-corrected chi connectivity index (χ3v) is 6.29. The van der Waals surface area contributed by atoms with E-state index in [1.54, 1.807) is 24.3 Å². The first kappa shape index (κ1) is 37.5. The van der Waals surface area contributed by atoms with Gasteiger partial charge in [-0.2, -0.15) is 0 Å². The molecule has 0 bridgehead atoms. The van der Waals surface area contributed by atoms with Crippen LogP contribution >= 0.6 is 0 Å². The molecule has 0 radical (unpaired) electrons. The van der Waals surface area contributed by atoms with Gasteiger partial charge in [-0.1, -0.05) is 67.2 Å². The van der Waals surface area contributed by atoms with Crippen LogP contribution in [0.4, 0.5) is 11.4 Å². The number of carbonyl (C=O) groups excluding carboxylic acids is 2. The Labute approximate surface area is 247 Å². The van der Waals surface area contributed by atoms with Gasteiger partial charge in [0.1, 0.15) is 0 Å². The Balaban J connectivity index is 0.000000737. The van der Waals surface area contributed by atoms with Crippen molar-refractivity contribution >= 4 is 23.2 Å². The Kier molecular flexibility index (Phi) is 21.3. The number of amides is 2. The summed E-state index contributed by atoms with van der Waals surface area (Å²) in [4.78, 5) is 38.7. The average molecular weight is 573 g/mol. The topological polar surface area (TPSA) is 116 Å². The van der Waals surface area contributed by atoms with Crippen molar-refractivity contribution in [1.82, 2.24) is 9.80 Å². The van der Waals surface area contributed by atoms with Crippen LogP contribution in [0.15, 0.2) is 48.5 Å². The lowest BCUT2D eigenvalue weighted by Crippen LogP contribution is -2.32. The van der Waals surface area contributed by atoms with Crippen molar-refractivity contribution < 1.29 is 19.7 Å². The summed E-state index contributed by atoms with van der Waals surface area (Å²) in [5, 5.41) is 19.4. The predicted molar refractivity (Wildman–Crippen MR) is 168 cm³/mol. The molecule has 41 heavy (non-hydrogen) atoms. The SMILES string of the molecule is CC.CCCCN(CCCC)C(=O)c1ccc(NO)cc1.CCCCN(CCCC)C(=O)c1ccc([N+](=O)[O-])cc1. The fourth-order valence-electron chi connectivity index (χ4n) is 3.80. The van der Waals surface area contributed by atoms with Crippen molar-refractivity contribution in [1.29, 1.82) is 0 Å². The molecule has 0 aliphatic carbocycles. The van der Waals surface area contributed by atoms with Gasteiger partial charge < -0.3 is 9.80 Å². The first-order chi connectivity index (χ1) is 19.8. The normalized spacial score (nSPS) is 9.93. The van der Waals surface area contributed by atoms with Gasteiger partial charge in [-0.25, -0.2) is 0 Å². The van der Waals surface area contributed by atoms with Gasteiger partial charge >= 0.3 is 0 Å². The number of non-ortho nitro benzene ring substituents is 1. The molecule has 2 rings (SSSR count). The second-order valence-corrected chi connectivity index (χ2v) is 9.49. The number of nitrogens with zero attached hydrogens (tertiary/aromatic N) is 3. The van der Waals surface area contributed by atoms with Gasteiger partial charge in [0.05, 0.1) is 10.6 Å². The predicted octanol–water partition coefficient (Wildman–Crippen LogP) is 8.19. The van der Waals surface area contributed by atoms with Gasteiger partial charge in [0.2, 0.25) is 0 Å². The highest BCUT2D eigenvalue weighted by Gasteiger charge is 2.16. The number of unbranched alkanes of at least 4 members (excludes halogenated alkanes) is 4. The van der Waals surface area contributed by atoms with Crippen LogP contribution in [0.3, 0.4) is 0 Å². The fourth-order valence-corrected chi connectivity index (χ4v) is 3.80. The minimum atomic E-state index is -0.458. The molecule has 0 saturated carbocycles. The molecule has 0 spiro atoms. The van der Waals surface area contributed by atoms with Crippen LogP contribution in [0.2, 0.25) is 0 Å². The lowest BCUT2D eigenvalue weighted by molar-refractivity contribution is -0.384. The second kappa shape index (κ2) is 23.3. The van der Waals surface area contributed by atoms with Crippen molar-refractivity contribution in [3.63, 3.8) is 0 Å². The molecule has 2 amide bonds. The monoisotopic (exact) mass is 572 g/mol. The van der Waals surface area contributed by atoms with Crippen molar-refractivity contribution in [2.45, 2.75) is 92.9 Å². The van der Waals surface area contributed by atoms with Crippen LogP contribution in [0.25, 0.3) is 0 Å². The van der Waals surface area contributed by atoms with E-state index in [1.807, 2.05) is 23.6 Å². The average Bonchev–Trinajstić information content (AvgIpc) is 3.02. The van der Waals surface area contributed by atoms with E-state index in [0.717, 1.165) is 77.5 Å². The molecule has 2 N–H and O–H groups in total. The molecule has 0 aliphatic heterocycles. The molecule has 0 saturated heterocycles. The molecular weight excluding hydrogens is 520 g/mol. The van der Waals surface area contributed by atoms with Gasteiger partial charge in [-0.05, 0) is 62.1 Å². The quantitative estimate of drug-likeness (QED) is 0.155. The number of rotatable bonds is 16. The molecule has 0 aliphatic rings. The second-order valence-electron chi connectivity index (χ2n) is 9.49. The number of nitro benzene ring substituents is 1. The summed E-state index contributed by atoms with van der Waals surface area (Å²) < 4.78 is 0. The lowest BCUT2D eigenvalue weighted by atomic mass is 10.1. The molecule has 0 unspecified atom stereocenters. The molecule has 0 atom stereocenters. The van der Waals surface area contributed by atoms with E-state index in [2.05, 4.69) is 33.2 Å². The van der Waals surface area contributed by atoms with Crippen LogP contribution in [0.5, 0.6) is 0 Å². The molecule has 0 heterocycles. The highest BCUT2D eigenvalue weighted by atomic mass is 16.6. The van der Waals surface area contributed by atoms with Gasteiger partial charge in [-0.3, -0.25) is 30.4 Å². The molecule has 2 aromatic rings. The third-order valence-electron chi connectivity index (χ3n) is 6.29. The van der Waals surface area contributed by atoms with Crippen LogP contribution < -0.4 is 5.48 Å². The lowest BCUT2D eigenvalue weighted by Gasteiger charge is -2.22. The van der Waals surface area contributed by atoms with E-state index in [9.17, 15) is 19.7 Å². The Morgan fingerprint density at radius 1 is 0.683 bits per heavy atom. The number of carbonyl (C=O) groups is 2. The Morgan fingerprint density at radius 3 is 1.27 bits per heavy atom. The highest BCUT2D eigenvalue weighted by Crippen LogP contribution is 2.15. The zero-order chi connectivity index (χ0) is 31.0. The smallest absolute Gasteiger partial charge is 0.269 e. The number of nitro groups is 1. The van der Waals surface area contributed by atoms with E-state index in [0.29, 0.717) is 16.8 Å². The fraction of sp³-hybridized carbons (Fsp3) is 0.562. The number of benzene rings is 2. The largest absolute Gasteiger partial charge is 0.339 e. The summed E-state index contributed by atoms with van der Waals surface area (Å²) in [6.07, 6.45) is 8.27. The minimum absolute atomic E-state index is 0.00946. The summed E-state index contributed by atoms with van der Waals surface area (Å²) in [6.45, 7) is 15.6. The standard InChI is InChI=1S/C15H22N2O3.C15H24N2O2.C2H6/c1-3-5-11-16(12-6-4-2)15(18)13-7-9-14(10-8-13)17(19)20;1-3-5-11-17(12-6-4-2)15(18)13-7-9-14(16-19)10-8-13;1-2/h7-10H,3-6,11-12H2,1-2H3;7-10,16,19H,3-6,11-12H2,1-2H3;1-2H3. The zero-order valence-electron chi connectivity index (χ0n) is 26.0. The Morgan fingerprint density at radius 2 is 1.00 bits per heavy atom. The van der Waals surface area contributed by atoms with Crippen molar-refractivity contribution in [2.24, 2.45) is 0 Å². The van der Waals surface area contributed by atoms with Gasteiger partial charge in [-0.15, -0.1) is 0 Å². The van der Waals surface area contributed by atoms with Gasteiger partial charge in [0, 0.05) is 49.4 Å². The van der Waals surface area contributed by atoms with E-state index in [-0.39, 0.29) is 17.5 Å². The summed E-state index contributed by atoms with van der Waals surface area (Å²) >= 11 is 0. The molecule has 9 nitrogen and oxygen atoms in total. The van der Waals surface area contributed by atoms with Gasteiger partial charge in [0.25, 0.3) is 17.5 Å². The van der Waals surface area contributed by atoms with Gasteiger partial charge in [0.15, 0.2) is 0 Å². The van der Waals surface area contributed by atoms with Crippen LogP contribution in [-0.2, 0) is 0 Å². The summed E-state index contributed by atoms with van der Waals surface area (Å²) in [5.41, 5.74) is 3.85. The molecule has 0 aromatic heterocycles. The Hall–Kier alpha value is -3.46. The van der Waals surface area contributed by atoms with Crippen LogP contribution in [-0.4, -0.2) is 57.9 Å². The van der Waals surface area contributed by atoms with E-state index in [4.69, 9.17) is 5.21 Å². The van der Waals surface area contributed by atoms with Crippen molar-refractivity contribution in [2.75, 3.05) is 31.7 Å². The maximum absolute atomic E-state index is 12.4. The third kappa shape index (κ3) is 14.7. The maximum atomic E-state index is 12.4. The molecule has 9 heteroatoms. The van der Waals surface area contributed by atoms with Crippen LogP contribution in [0, 0.1) is 10.1 Å².